The van der Waals surface area contributed by atoms with Crippen molar-refractivity contribution in [3.63, 3.8) is 0 Å². The van der Waals surface area contributed by atoms with Gasteiger partial charge in [0.15, 0.2) is 8.32 Å². The maximum atomic E-state index is 14.0. The smallest absolute Gasteiger partial charge is 0.410 e. The largest absolute Gasteiger partial charge is 0.506 e. The van der Waals surface area contributed by atoms with E-state index in [0.29, 0.717) is 36.2 Å². The molecule has 3 atom stereocenters. The molecule has 2 amide bonds. The number of carbonyl (C=O) groups excluding carboxylic acids is 3. The van der Waals surface area contributed by atoms with Crippen molar-refractivity contribution in [2.75, 3.05) is 44.6 Å². The number of aliphatic hydroxyl groups is 2. The van der Waals surface area contributed by atoms with Crippen LogP contribution in [0.25, 0.3) is 6.08 Å². The van der Waals surface area contributed by atoms with E-state index < -0.39 is 43.9 Å². The lowest BCUT2D eigenvalue weighted by molar-refractivity contribution is -0.164. The molecule has 366 valence electrons. The second-order valence-corrected chi connectivity index (χ2v) is 25.4. The zero-order valence-electron chi connectivity index (χ0n) is 41.1. The zero-order valence-corrected chi connectivity index (χ0v) is 42.1. The van der Waals surface area contributed by atoms with Crippen LogP contribution in [0.5, 0.6) is 5.75 Å². The third kappa shape index (κ3) is 13.4. The molecule has 4 aromatic carbocycles. The van der Waals surface area contributed by atoms with E-state index in [1.807, 2.05) is 39.0 Å². The standard InChI is InChI=1S/C54H72N4O9Si/c1-52(2,3)66-51(63)58(36-46(67-68(7,8)53(4,5)6)43-24-26-45(59)48-44(43)25-27-47(60)56-48)31-16-15-30-55-49(61)40-20-17-23-42(34-40)54(64,41-21-13-10-14-22-41)50(62)65-37-39-28-32-57(33-29-39)35-38-18-11-9-12-19-38/h9-14,17-27,34,39,46-47,56,59-60,64H,15-16,28-33,35-37H2,1-8H3,(H,55,61)/t46-,47?,54?/m0/s1. The fraction of sp³-hybridized carbons (Fsp3) is 0.463. The van der Waals surface area contributed by atoms with E-state index in [-0.39, 0.29) is 53.4 Å². The van der Waals surface area contributed by atoms with Crippen molar-refractivity contribution in [2.24, 2.45) is 5.92 Å². The number of amides is 2. The first-order valence-corrected chi connectivity index (χ1v) is 26.8. The van der Waals surface area contributed by atoms with Gasteiger partial charge in [0.25, 0.3) is 5.91 Å². The molecular weight excluding hydrogens is 877 g/mol. The van der Waals surface area contributed by atoms with E-state index in [2.05, 4.69) is 61.5 Å². The Morgan fingerprint density at radius 3 is 2.21 bits per heavy atom. The van der Waals surface area contributed by atoms with Crippen molar-refractivity contribution in [1.29, 1.82) is 0 Å². The van der Waals surface area contributed by atoms with E-state index in [4.69, 9.17) is 13.9 Å². The average molecular weight is 949 g/mol. The van der Waals surface area contributed by atoms with Crippen LogP contribution >= 0.6 is 0 Å². The van der Waals surface area contributed by atoms with Crippen LogP contribution in [0.15, 0.2) is 103 Å². The van der Waals surface area contributed by atoms with Crippen molar-refractivity contribution in [3.05, 3.63) is 137 Å². The van der Waals surface area contributed by atoms with Crippen molar-refractivity contribution >= 4 is 38.1 Å². The number of likely N-dealkylation sites (tertiary alicyclic amines) is 1. The number of hydrogen-bond donors (Lipinski definition) is 5. The lowest BCUT2D eigenvalue weighted by Gasteiger charge is -2.41. The van der Waals surface area contributed by atoms with Gasteiger partial charge in [0.05, 0.1) is 24.9 Å². The molecule has 1 fully saturated rings. The quantitative estimate of drug-likeness (QED) is 0.0279. The van der Waals surface area contributed by atoms with Gasteiger partial charge >= 0.3 is 12.1 Å². The predicted molar refractivity (Wildman–Crippen MR) is 268 cm³/mol. The molecule has 0 aromatic heterocycles. The Kier molecular flexibility index (Phi) is 17.0. The summed E-state index contributed by atoms with van der Waals surface area (Å²) in [5.74, 6) is -1.03. The summed E-state index contributed by atoms with van der Waals surface area (Å²) in [6.45, 7) is 19.7. The number of nitrogens with one attached hydrogen (secondary N) is 2. The number of benzene rings is 4. The summed E-state index contributed by atoms with van der Waals surface area (Å²) in [5, 5.41) is 39.1. The molecule has 5 N–H and O–H groups in total. The topological polar surface area (TPSA) is 170 Å². The minimum atomic E-state index is -2.45. The van der Waals surface area contributed by atoms with E-state index >= 15 is 0 Å². The fourth-order valence-corrected chi connectivity index (χ4v) is 9.55. The number of unbranched alkanes of at least 4 members (excludes halogenated alkanes) is 1. The number of rotatable bonds is 18. The monoisotopic (exact) mass is 949 g/mol. The van der Waals surface area contributed by atoms with Crippen LogP contribution in [0.3, 0.4) is 0 Å². The number of phenolic OH excluding ortho intramolecular Hbond substituents is 1. The van der Waals surface area contributed by atoms with Crippen molar-refractivity contribution in [3.8, 4) is 5.75 Å². The maximum absolute atomic E-state index is 14.0. The van der Waals surface area contributed by atoms with Gasteiger partial charge in [-0.05, 0) is 125 Å². The average Bonchev–Trinajstić information content (AvgIpc) is 3.30. The van der Waals surface area contributed by atoms with Gasteiger partial charge in [-0.2, -0.15) is 0 Å². The van der Waals surface area contributed by atoms with Crippen LogP contribution in [0, 0.1) is 5.92 Å². The number of esters is 1. The maximum Gasteiger partial charge on any atom is 0.410 e. The molecule has 2 aliphatic heterocycles. The summed E-state index contributed by atoms with van der Waals surface area (Å²) in [6, 6.07) is 28.8. The molecule has 2 unspecified atom stereocenters. The van der Waals surface area contributed by atoms with Crippen LogP contribution in [0.1, 0.15) is 112 Å². The summed E-state index contributed by atoms with van der Waals surface area (Å²) in [5.41, 5.74) is 0.977. The number of aliphatic hydroxyl groups excluding tert-OH is 1. The molecule has 4 aromatic rings. The minimum absolute atomic E-state index is 0.0118. The Bertz CT molecular complexity index is 2360. The van der Waals surface area contributed by atoms with Gasteiger partial charge in [0.1, 0.15) is 17.6 Å². The first kappa shape index (κ1) is 51.9. The highest BCUT2D eigenvalue weighted by molar-refractivity contribution is 6.74. The Labute approximate surface area is 403 Å². The molecule has 0 radical (unpaired) electrons. The number of carbonyl (C=O) groups is 3. The number of phenols is 1. The zero-order chi connectivity index (χ0) is 49.3. The number of aromatic hydroxyl groups is 1. The number of anilines is 1. The van der Waals surface area contributed by atoms with Gasteiger partial charge in [0, 0.05) is 36.3 Å². The minimum Gasteiger partial charge on any atom is -0.506 e. The second kappa shape index (κ2) is 22.3. The molecule has 14 heteroatoms. The Morgan fingerprint density at radius 2 is 1.54 bits per heavy atom. The van der Waals surface area contributed by atoms with Gasteiger partial charge in [-0.1, -0.05) is 106 Å². The first-order chi connectivity index (χ1) is 32.1. The molecule has 13 nitrogen and oxygen atoms in total. The van der Waals surface area contributed by atoms with Crippen LogP contribution < -0.4 is 10.6 Å². The highest BCUT2D eigenvalue weighted by Crippen LogP contribution is 2.43. The molecule has 2 aliphatic rings. The second-order valence-electron chi connectivity index (χ2n) is 20.6. The van der Waals surface area contributed by atoms with Crippen LogP contribution in [0.2, 0.25) is 18.1 Å². The van der Waals surface area contributed by atoms with Crippen molar-refractivity contribution in [2.45, 2.75) is 115 Å². The Balaban J connectivity index is 1.11. The van der Waals surface area contributed by atoms with E-state index in [9.17, 15) is 29.7 Å². The lowest BCUT2D eigenvalue weighted by atomic mass is 9.85. The van der Waals surface area contributed by atoms with Gasteiger partial charge in [0.2, 0.25) is 5.60 Å². The van der Waals surface area contributed by atoms with Crippen LogP contribution in [-0.2, 0) is 30.8 Å². The highest BCUT2D eigenvalue weighted by atomic mass is 28.4. The van der Waals surface area contributed by atoms with Crippen LogP contribution in [0.4, 0.5) is 10.5 Å². The molecule has 68 heavy (non-hydrogen) atoms. The molecule has 2 heterocycles. The third-order valence-electron chi connectivity index (χ3n) is 13.2. The van der Waals surface area contributed by atoms with Crippen molar-refractivity contribution in [1.82, 2.24) is 15.1 Å². The lowest BCUT2D eigenvalue weighted by Crippen LogP contribution is -2.46. The molecule has 6 rings (SSSR count). The molecular formula is C54H72N4O9Si. The molecule has 0 aliphatic carbocycles. The predicted octanol–water partition coefficient (Wildman–Crippen LogP) is 9.35. The number of ether oxygens (including phenoxy) is 2. The fourth-order valence-electron chi connectivity index (χ4n) is 8.28. The van der Waals surface area contributed by atoms with E-state index in [0.717, 1.165) is 38.0 Å². The number of piperidine rings is 1. The normalized spacial score (nSPS) is 17.0. The molecule has 0 spiro atoms. The first-order valence-electron chi connectivity index (χ1n) is 23.9. The van der Waals surface area contributed by atoms with Gasteiger partial charge in [-0.25, -0.2) is 9.59 Å². The van der Waals surface area contributed by atoms with Gasteiger partial charge < -0.3 is 44.8 Å². The summed E-state index contributed by atoms with van der Waals surface area (Å²) in [6.07, 6.45) is 4.04. The number of hydrogen-bond acceptors (Lipinski definition) is 11. The molecule has 1 saturated heterocycles. The summed E-state index contributed by atoms with van der Waals surface area (Å²) >= 11 is 0. The van der Waals surface area contributed by atoms with Crippen molar-refractivity contribution < 1.29 is 43.6 Å². The van der Waals surface area contributed by atoms with Gasteiger partial charge in [-0.15, -0.1) is 0 Å². The van der Waals surface area contributed by atoms with E-state index in [1.54, 1.807) is 77.7 Å². The number of nitrogens with zero attached hydrogens (tertiary/aromatic N) is 2. The Hall–Kier alpha value is -5.51. The molecule has 0 saturated carbocycles. The third-order valence-corrected chi connectivity index (χ3v) is 17.7. The van der Waals surface area contributed by atoms with Crippen LogP contribution in [-0.4, -0.2) is 103 Å². The summed E-state index contributed by atoms with van der Waals surface area (Å²) in [4.78, 5) is 45.7. The number of fused-ring (bicyclic) bond motifs is 1. The summed E-state index contributed by atoms with van der Waals surface area (Å²) < 4.78 is 18.9. The van der Waals surface area contributed by atoms with E-state index in [1.165, 1.54) is 11.6 Å². The van der Waals surface area contributed by atoms with Gasteiger partial charge in [-0.3, -0.25) is 9.69 Å². The highest BCUT2D eigenvalue weighted by Gasteiger charge is 2.43. The Morgan fingerprint density at radius 1 is 0.882 bits per heavy atom. The molecule has 0 bridgehead atoms. The SMILES string of the molecule is CC(C)(C)OC(=O)N(CCCCNC(=O)c1cccc(C(O)(C(=O)OCC2CCN(Cc3ccccc3)CC2)c2ccccc2)c1)C[C@H](O[Si](C)(C)C(C)(C)C)c1ccc(O)c2c1C=CC(O)N2. The summed E-state index contributed by atoms with van der Waals surface area (Å²) in [7, 11) is -2.45.